The lowest BCUT2D eigenvalue weighted by molar-refractivity contribution is 0.0507. The molecule has 0 aromatic carbocycles. The number of halogens is 2. The number of rotatable bonds is 4. The van der Waals surface area contributed by atoms with Crippen LogP contribution in [-0.2, 0) is 11.3 Å². The van der Waals surface area contributed by atoms with Crippen molar-refractivity contribution in [1.29, 1.82) is 0 Å². The summed E-state index contributed by atoms with van der Waals surface area (Å²) < 4.78 is 29.8. The molecule has 0 saturated heterocycles. The van der Waals surface area contributed by atoms with Crippen LogP contribution < -0.4 is 5.73 Å². The van der Waals surface area contributed by atoms with Gasteiger partial charge in [0.25, 0.3) is 6.43 Å². The van der Waals surface area contributed by atoms with Gasteiger partial charge in [0.05, 0.1) is 17.9 Å². The first-order chi connectivity index (χ1) is 7.60. The third-order valence-electron chi connectivity index (χ3n) is 1.90. The molecule has 0 amide bonds. The van der Waals surface area contributed by atoms with Crippen LogP contribution >= 0.6 is 0 Å². The van der Waals surface area contributed by atoms with Gasteiger partial charge in [0.1, 0.15) is 0 Å². The minimum atomic E-state index is -2.77. The standard InChI is InChI=1S/C10H12F2N2O2/c1-2-16-10(15)8-7(9(11)12)4-3-6(5-13)14-8/h3-4,9H,2,5,13H2,1H3. The summed E-state index contributed by atoms with van der Waals surface area (Å²) in [5.74, 6) is -0.854. The van der Waals surface area contributed by atoms with Crippen molar-refractivity contribution in [3.8, 4) is 0 Å². The van der Waals surface area contributed by atoms with Crippen molar-refractivity contribution in [1.82, 2.24) is 4.98 Å². The third-order valence-corrected chi connectivity index (χ3v) is 1.90. The summed E-state index contributed by atoms with van der Waals surface area (Å²) >= 11 is 0. The molecule has 1 aromatic rings. The van der Waals surface area contributed by atoms with Crippen LogP contribution in [0.5, 0.6) is 0 Å². The lowest BCUT2D eigenvalue weighted by Gasteiger charge is -2.08. The average molecular weight is 230 g/mol. The van der Waals surface area contributed by atoms with Crippen molar-refractivity contribution < 1.29 is 18.3 Å². The molecular weight excluding hydrogens is 218 g/mol. The van der Waals surface area contributed by atoms with E-state index in [0.717, 1.165) is 6.07 Å². The highest BCUT2D eigenvalue weighted by molar-refractivity contribution is 5.89. The molecule has 0 fully saturated rings. The predicted octanol–water partition coefficient (Wildman–Crippen LogP) is 1.65. The molecular formula is C10H12F2N2O2. The first kappa shape index (κ1) is 12.5. The molecule has 0 unspecified atom stereocenters. The maximum absolute atomic E-state index is 12.6. The molecule has 0 atom stereocenters. The zero-order valence-electron chi connectivity index (χ0n) is 8.74. The van der Waals surface area contributed by atoms with Gasteiger partial charge in [-0.3, -0.25) is 0 Å². The van der Waals surface area contributed by atoms with Gasteiger partial charge in [-0.2, -0.15) is 0 Å². The number of hydrogen-bond donors (Lipinski definition) is 1. The highest BCUT2D eigenvalue weighted by Crippen LogP contribution is 2.22. The van der Waals surface area contributed by atoms with E-state index in [-0.39, 0.29) is 18.8 Å². The molecule has 0 aliphatic rings. The first-order valence-electron chi connectivity index (χ1n) is 4.75. The normalized spacial score (nSPS) is 10.6. The monoisotopic (exact) mass is 230 g/mol. The van der Waals surface area contributed by atoms with E-state index in [1.54, 1.807) is 6.92 Å². The van der Waals surface area contributed by atoms with Gasteiger partial charge in [0.2, 0.25) is 0 Å². The van der Waals surface area contributed by atoms with Gasteiger partial charge in [0.15, 0.2) is 5.69 Å². The Labute approximate surface area is 91.4 Å². The van der Waals surface area contributed by atoms with Gasteiger partial charge in [0, 0.05) is 6.54 Å². The van der Waals surface area contributed by atoms with E-state index in [1.807, 2.05) is 0 Å². The Morgan fingerprint density at radius 2 is 2.25 bits per heavy atom. The summed E-state index contributed by atoms with van der Waals surface area (Å²) in [5, 5.41) is 0. The number of carbonyl (C=O) groups excluding carboxylic acids is 1. The van der Waals surface area contributed by atoms with Gasteiger partial charge >= 0.3 is 5.97 Å². The smallest absolute Gasteiger partial charge is 0.357 e. The van der Waals surface area contributed by atoms with E-state index in [2.05, 4.69) is 9.72 Å². The van der Waals surface area contributed by atoms with Crippen LogP contribution in [-0.4, -0.2) is 17.6 Å². The van der Waals surface area contributed by atoms with Crippen molar-refractivity contribution in [3.63, 3.8) is 0 Å². The fourth-order valence-electron chi connectivity index (χ4n) is 1.16. The van der Waals surface area contributed by atoms with E-state index in [0.29, 0.717) is 5.69 Å². The molecule has 1 rings (SSSR count). The van der Waals surface area contributed by atoms with Crippen LogP contribution in [0, 0.1) is 0 Å². The Kier molecular flexibility index (Phi) is 4.30. The molecule has 6 heteroatoms. The van der Waals surface area contributed by atoms with Crippen molar-refractivity contribution in [2.75, 3.05) is 6.61 Å². The molecule has 1 heterocycles. The van der Waals surface area contributed by atoms with Crippen molar-refractivity contribution in [2.24, 2.45) is 5.73 Å². The van der Waals surface area contributed by atoms with Crippen LogP contribution in [0.25, 0.3) is 0 Å². The van der Waals surface area contributed by atoms with Crippen molar-refractivity contribution in [2.45, 2.75) is 19.9 Å². The Bertz CT molecular complexity index is 383. The molecule has 0 saturated carbocycles. The topological polar surface area (TPSA) is 65.2 Å². The number of pyridine rings is 1. The van der Waals surface area contributed by atoms with Crippen LogP contribution in [0.2, 0.25) is 0 Å². The lowest BCUT2D eigenvalue weighted by Crippen LogP contribution is -2.13. The van der Waals surface area contributed by atoms with Crippen molar-refractivity contribution >= 4 is 5.97 Å². The molecule has 4 nitrogen and oxygen atoms in total. The van der Waals surface area contributed by atoms with E-state index >= 15 is 0 Å². The molecule has 1 aromatic heterocycles. The van der Waals surface area contributed by atoms with Gasteiger partial charge < -0.3 is 10.5 Å². The highest BCUT2D eigenvalue weighted by Gasteiger charge is 2.21. The SMILES string of the molecule is CCOC(=O)c1nc(CN)ccc1C(F)F. The Morgan fingerprint density at radius 1 is 1.56 bits per heavy atom. The fourth-order valence-corrected chi connectivity index (χ4v) is 1.16. The molecule has 88 valence electrons. The Balaban J connectivity index is 3.14. The summed E-state index contributed by atoms with van der Waals surface area (Å²) in [7, 11) is 0. The van der Waals surface area contributed by atoms with Gasteiger partial charge in [-0.25, -0.2) is 18.6 Å². The number of esters is 1. The van der Waals surface area contributed by atoms with E-state index in [9.17, 15) is 13.6 Å². The zero-order valence-corrected chi connectivity index (χ0v) is 8.74. The molecule has 0 spiro atoms. The second-order valence-electron chi connectivity index (χ2n) is 2.97. The van der Waals surface area contributed by atoms with Crippen LogP contribution in [0.4, 0.5) is 8.78 Å². The summed E-state index contributed by atoms with van der Waals surface area (Å²) in [6.45, 7) is 1.78. The van der Waals surface area contributed by atoms with E-state index in [1.165, 1.54) is 6.07 Å². The largest absolute Gasteiger partial charge is 0.461 e. The van der Waals surface area contributed by atoms with Crippen LogP contribution in [0.15, 0.2) is 12.1 Å². The van der Waals surface area contributed by atoms with Gasteiger partial charge in [-0.1, -0.05) is 0 Å². The molecule has 0 aliphatic heterocycles. The number of nitrogens with two attached hydrogens (primary N) is 1. The quantitative estimate of drug-likeness (QED) is 0.799. The lowest BCUT2D eigenvalue weighted by atomic mass is 10.1. The third kappa shape index (κ3) is 2.73. The Morgan fingerprint density at radius 3 is 2.75 bits per heavy atom. The first-order valence-corrected chi connectivity index (χ1v) is 4.75. The summed E-state index contributed by atoms with van der Waals surface area (Å²) in [4.78, 5) is 15.1. The number of hydrogen-bond acceptors (Lipinski definition) is 4. The van der Waals surface area contributed by atoms with Gasteiger partial charge in [-0.05, 0) is 19.1 Å². The molecule has 0 bridgehead atoms. The number of alkyl halides is 2. The number of nitrogens with zero attached hydrogens (tertiary/aromatic N) is 1. The maximum atomic E-state index is 12.6. The molecule has 0 radical (unpaired) electrons. The van der Waals surface area contributed by atoms with Crippen molar-refractivity contribution in [3.05, 3.63) is 29.1 Å². The molecule has 16 heavy (non-hydrogen) atoms. The Hall–Kier alpha value is -1.56. The van der Waals surface area contributed by atoms with Crippen LogP contribution in [0.3, 0.4) is 0 Å². The summed E-state index contributed by atoms with van der Waals surface area (Å²) in [5.41, 5.74) is 4.89. The minimum absolute atomic E-state index is 0.0793. The van der Waals surface area contributed by atoms with Gasteiger partial charge in [-0.15, -0.1) is 0 Å². The molecule has 0 aliphatic carbocycles. The van der Waals surface area contributed by atoms with E-state index < -0.39 is 18.0 Å². The predicted molar refractivity (Wildman–Crippen MR) is 53.0 cm³/mol. The maximum Gasteiger partial charge on any atom is 0.357 e. The number of ether oxygens (including phenoxy) is 1. The number of aromatic nitrogens is 1. The van der Waals surface area contributed by atoms with E-state index in [4.69, 9.17) is 5.73 Å². The average Bonchev–Trinajstić information content (AvgIpc) is 2.28. The molecule has 2 N–H and O–H groups in total. The summed E-state index contributed by atoms with van der Waals surface area (Å²) in [6, 6.07) is 2.51. The second kappa shape index (κ2) is 5.50. The highest BCUT2D eigenvalue weighted by atomic mass is 19.3. The second-order valence-corrected chi connectivity index (χ2v) is 2.97. The van der Waals surface area contributed by atoms with Crippen LogP contribution in [0.1, 0.15) is 35.1 Å². The minimum Gasteiger partial charge on any atom is -0.461 e. The summed E-state index contributed by atoms with van der Waals surface area (Å²) in [6.07, 6.45) is -2.77. The number of carbonyl (C=O) groups is 1. The fraction of sp³-hybridized carbons (Fsp3) is 0.400. The zero-order chi connectivity index (χ0) is 12.1.